The Morgan fingerprint density at radius 2 is 2.04 bits per heavy atom. The molecule has 0 fully saturated rings. The predicted octanol–water partition coefficient (Wildman–Crippen LogP) is 3.77. The lowest BCUT2D eigenvalue weighted by atomic mass is 9.88. The average Bonchev–Trinajstić information content (AvgIpc) is 3.17. The molecule has 2 aliphatic rings. The monoisotopic (exact) mass is 360 g/mol. The van der Waals surface area contributed by atoms with Gasteiger partial charge in [-0.25, -0.2) is 0 Å². The fourth-order valence-corrected chi connectivity index (χ4v) is 6.27. The molecule has 0 radical (unpaired) electrons. The molecular weight excluding hydrogens is 340 g/mol. The van der Waals surface area contributed by atoms with Crippen molar-refractivity contribution in [3.63, 3.8) is 0 Å². The first-order valence-electron chi connectivity index (χ1n) is 8.40. The number of rotatable bonds is 3. The third kappa shape index (κ3) is 2.67. The minimum atomic E-state index is -0.439. The molecule has 3 N–H and O–H groups in total. The van der Waals surface area contributed by atoms with Crippen molar-refractivity contribution >= 4 is 39.5 Å². The molecule has 2 heterocycles. The maximum atomic E-state index is 12.6. The van der Waals surface area contributed by atoms with Gasteiger partial charge in [0, 0.05) is 9.75 Å². The van der Waals surface area contributed by atoms with Crippen molar-refractivity contribution in [2.45, 2.75) is 45.4 Å². The molecule has 2 aliphatic carbocycles. The first-order chi connectivity index (χ1) is 11.5. The Bertz CT molecular complexity index is 813. The van der Waals surface area contributed by atoms with Crippen LogP contribution in [0.25, 0.3) is 0 Å². The topological polar surface area (TPSA) is 72.2 Å². The summed E-state index contributed by atoms with van der Waals surface area (Å²) in [7, 11) is 0. The van der Waals surface area contributed by atoms with E-state index in [1.807, 2.05) is 6.07 Å². The summed E-state index contributed by atoms with van der Waals surface area (Å²) in [4.78, 5) is 27.8. The number of nitrogens with two attached hydrogens (primary N) is 1. The summed E-state index contributed by atoms with van der Waals surface area (Å²) in [6.45, 7) is 2.22. The molecule has 1 atom stereocenters. The van der Waals surface area contributed by atoms with Crippen LogP contribution in [-0.4, -0.2) is 11.8 Å². The molecular formula is C18H20N2O2S2. The molecule has 0 bridgehead atoms. The third-order valence-electron chi connectivity index (χ3n) is 4.96. The number of fused-ring (bicyclic) bond motifs is 2. The molecule has 0 aliphatic heterocycles. The summed E-state index contributed by atoms with van der Waals surface area (Å²) in [5.41, 5.74) is 8.49. The van der Waals surface area contributed by atoms with Crippen LogP contribution >= 0.6 is 22.7 Å². The van der Waals surface area contributed by atoms with Crippen LogP contribution in [0.1, 0.15) is 60.7 Å². The summed E-state index contributed by atoms with van der Waals surface area (Å²) < 4.78 is 0. The molecule has 24 heavy (non-hydrogen) atoms. The van der Waals surface area contributed by atoms with Crippen molar-refractivity contribution < 1.29 is 9.59 Å². The highest BCUT2D eigenvalue weighted by atomic mass is 32.1. The molecule has 0 spiro atoms. The van der Waals surface area contributed by atoms with Crippen molar-refractivity contribution in [3.8, 4) is 0 Å². The Balaban J connectivity index is 1.63. The van der Waals surface area contributed by atoms with Gasteiger partial charge in [0.1, 0.15) is 5.00 Å². The molecule has 6 heteroatoms. The molecule has 4 rings (SSSR count). The van der Waals surface area contributed by atoms with Gasteiger partial charge in [-0.05, 0) is 61.6 Å². The second kappa shape index (κ2) is 6.01. The number of hydrogen-bond donors (Lipinski definition) is 2. The second-order valence-corrected chi connectivity index (χ2v) is 9.03. The molecule has 2 amide bonds. The van der Waals surface area contributed by atoms with E-state index in [9.17, 15) is 9.59 Å². The third-order valence-corrected chi connectivity index (χ3v) is 7.36. The summed E-state index contributed by atoms with van der Waals surface area (Å²) in [6, 6.07) is 2.00. The smallest absolute Gasteiger partial charge is 0.266 e. The first kappa shape index (κ1) is 15.8. The lowest BCUT2D eigenvalue weighted by Crippen LogP contribution is -2.19. The number of nitrogens with one attached hydrogen (secondary N) is 1. The van der Waals surface area contributed by atoms with Gasteiger partial charge in [0.25, 0.3) is 11.8 Å². The number of hydrogen-bond acceptors (Lipinski definition) is 4. The van der Waals surface area contributed by atoms with E-state index in [4.69, 9.17) is 5.73 Å². The van der Waals surface area contributed by atoms with Gasteiger partial charge in [0.2, 0.25) is 0 Å². The van der Waals surface area contributed by atoms with Gasteiger partial charge in [-0.3, -0.25) is 9.59 Å². The molecule has 126 valence electrons. The molecule has 0 aromatic carbocycles. The van der Waals surface area contributed by atoms with Crippen LogP contribution < -0.4 is 11.1 Å². The second-order valence-electron chi connectivity index (χ2n) is 6.79. The maximum absolute atomic E-state index is 12.6. The number of aryl methyl sites for hydroxylation is 2. The number of carbonyl (C=O) groups is 2. The Kier molecular flexibility index (Phi) is 3.96. The van der Waals surface area contributed by atoms with Gasteiger partial charge >= 0.3 is 0 Å². The van der Waals surface area contributed by atoms with E-state index in [2.05, 4.69) is 12.2 Å². The van der Waals surface area contributed by atoms with Gasteiger partial charge in [-0.1, -0.05) is 6.92 Å². The zero-order chi connectivity index (χ0) is 16.8. The van der Waals surface area contributed by atoms with Crippen molar-refractivity contribution in [1.29, 1.82) is 0 Å². The highest BCUT2D eigenvalue weighted by Crippen LogP contribution is 2.40. The predicted molar refractivity (Wildman–Crippen MR) is 98.3 cm³/mol. The summed E-state index contributed by atoms with van der Waals surface area (Å²) in [5, 5.41) is 3.58. The van der Waals surface area contributed by atoms with Crippen LogP contribution in [0.5, 0.6) is 0 Å². The SMILES string of the molecule is CC1CCc2c(sc(NC(=O)c3cc4c(s3)CCC4)c2C(N)=O)C1. The zero-order valence-corrected chi connectivity index (χ0v) is 15.2. The van der Waals surface area contributed by atoms with Gasteiger partial charge in [-0.15, -0.1) is 22.7 Å². The molecule has 0 saturated heterocycles. The van der Waals surface area contributed by atoms with Crippen molar-refractivity contribution in [2.75, 3.05) is 5.32 Å². The Morgan fingerprint density at radius 3 is 2.79 bits per heavy atom. The van der Waals surface area contributed by atoms with Crippen LogP contribution in [0.3, 0.4) is 0 Å². The van der Waals surface area contributed by atoms with E-state index < -0.39 is 5.91 Å². The lowest BCUT2D eigenvalue weighted by molar-refractivity contribution is 0.1000. The van der Waals surface area contributed by atoms with E-state index in [1.165, 1.54) is 33.1 Å². The van der Waals surface area contributed by atoms with E-state index in [0.717, 1.165) is 42.5 Å². The number of amides is 2. The largest absolute Gasteiger partial charge is 0.365 e. The standard InChI is InChI=1S/C18H20N2O2S2/c1-9-5-6-11-13(7-9)24-18(15(11)16(19)21)20-17(22)14-8-10-3-2-4-12(10)23-14/h8-9H,2-7H2,1H3,(H2,19,21)(H,20,22). The maximum Gasteiger partial charge on any atom is 0.266 e. The first-order valence-corrected chi connectivity index (χ1v) is 10.0. The van der Waals surface area contributed by atoms with Gasteiger partial charge in [0.15, 0.2) is 0 Å². The van der Waals surface area contributed by atoms with Crippen molar-refractivity contribution in [1.82, 2.24) is 0 Å². The summed E-state index contributed by atoms with van der Waals surface area (Å²) in [5.74, 6) is 0.0512. The minimum absolute atomic E-state index is 0.122. The Labute approximate surface area is 149 Å². The van der Waals surface area contributed by atoms with E-state index in [1.54, 1.807) is 11.3 Å². The highest BCUT2D eigenvalue weighted by molar-refractivity contribution is 7.17. The molecule has 2 aromatic heterocycles. The minimum Gasteiger partial charge on any atom is -0.365 e. The van der Waals surface area contributed by atoms with Gasteiger partial charge in [-0.2, -0.15) is 0 Å². The molecule has 0 saturated carbocycles. The zero-order valence-electron chi connectivity index (χ0n) is 13.6. The fourth-order valence-electron chi connectivity index (χ4n) is 3.71. The van der Waals surface area contributed by atoms with E-state index >= 15 is 0 Å². The molecule has 4 nitrogen and oxygen atoms in total. The Morgan fingerprint density at radius 1 is 1.21 bits per heavy atom. The summed E-state index contributed by atoms with van der Waals surface area (Å²) in [6.07, 6.45) is 6.22. The van der Waals surface area contributed by atoms with E-state index in [0.29, 0.717) is 16.5 Å². The van der Waals surface area contributed by atoms with Crippen LogP contribution in [0.2, 0.25) is 0 Å². The van der Waals surface area contributed by atoms with Gasteiger partial charge in [0.05, 0.1) is 10.4 Å². The lowest BCUT2D eigenvalue weighted by Gasteiger charge is -2.18. The Hall–Kier alpha value is -1.66. The highest BCUT2D eigenvalue weighted by Gasteiger charge is 2.28. The van der Waals surface area contributed by atoms with Crippen molar-refractivity contribution in [2.24, 2.45) is 11.7 Å². The summed E-state index contributed by atoms with van der Waals surface area (Å²) >= 11 is 3.09. The number of anilines is 1. The molecule has 1 unspecified atom stereocenters. The van der Waals surface area contributed by atoms with Gasteiger partial charge < -0.3 is 11.1 Å². The number of primary amides is 1. The molecule has 2 aromatic rings. The fraction of sp³-hybridized carbons (Fsp3) is 0.444. The quantitative estimate of drug-likeness (QED) is 0.874. The van der Waals surface area contributed by atoms with Crippen LogP contribution in [0.15, 0.2) is 6.07 Å². The van der Waals surface area contributed by atoms with Crippen molar-refractivity contribution in [3.05, 3.63) is 37.4 Å². The van der Waals surface area contributed by atoms with E-state index in [-0.39, 0.29) is 5.91 Å². The van der Waals surface area contributed by atoms with Crippen LogP contribution in [0.4, 0.5) is 5.00 Å². The van der Waals surface area contributed by atoms with Crippen LogP contribution in [-0.2, 0) is 25.7 Å². The number of carbonyl (C=O) groups excluding carboxylic acids is 2. The van der Waals surface area contributed by atoms with Crippen LogP contribution in [0, 0.1) is 5.92 Å². The average molecular weight is 361 g/mol. The number of thiophene rings is 2. The normalized spacial score (nSPS) is 19.0.